The summed E-state index contributed by atoms with van der Waals surface area (Å²) in [5, 5.41) is 15.1. The molecule has 0 saturated heterocycles. The number of nitrogens with zero attached hydrogens (tertiary/aromatic N) is 1. The summed E-state index contributed by atoms with van der Waals surface area (Å²) < 4.78 is 0. The zero-order valence-electron chi connectivity index (χ0n) is 16.0. The maximum Gasteiger partial charge on any atom is 0.255 e. The first-order chi connectivity index (χ1) is 14.4. The van der Waals surface area contributed by atoms with Crippen LogP contribution < -0.4 is 10.6 Å². The van der Waals surface area contributed by atoms with Crippen LogP contribution in [-0.4, -0.2) is 34.6 Å². The minimum Gasteiger partial charge on any atom is -0.394 e. The standard InChI is InChI=1S/C22H19Cl2N3O3/c1-13(12-28)26-22(30)16-7-5-14(10-19(16)24)21(29)27-15-6-8-18(23)17(11-15)20-4-2-3-9-25-20/h2-11,13,28H,12H2,1H3,(H,26,30)(H,27,29)/t13-/m0/s1. The van der Waals surface area contributed by atoms with E-state index in [-0.39, 0.29) is 23.1 Å². The second-order valence-electron chi connectivity index (χ2n) is 6.62. The Morgan fingerprint density at radius 2 is 1.83 bits per heavy atom. The molecule has 2 amide bonds. The van der Waals surface area contributed by atoms with E-state index in [1.54, 1.807) is 37.4 Å². The van der Waals surface area contributed by atoms with Gasteiger partial charge in [0, 0.05) is 29.1 Å². The summed E-state index contributed by atoms with van der Waals surface area (Å²) in [5.41, 5.74) is 2.44. The van der Waals surface area contributed by atoms with E-state index in [0.717, 1.165) is 0 Å². The lowest BCUT2D eigenvalue weighted by molar-refractivity contribution is 0.0921. The number of pyridine rings is 1. The van der Waals surface area contributed by atoms with E-state index in [4.69, 9.17) is 28.3 Å². The number of anilines is 1. The van der Waals surface area contributed by atoms with Crippen molar-refractivity contribution in [1.29, 1.82) is 0 Å². The largest absolute Gasteiger partial charge is 0.394 e. The molecular formula is C22H19Cl2N3O3. The number of benzene rings is 2. The van der Waals surface area contributed by atoms with Gasteiger partial charge in [-0.1, -0.05) is 29.3 Å². The molecule has 2 aromatic carbocycles. The van der Waals surface area contributed by atoms with E-state index in [9.17, 15) is 9.59 Å². The van der Waals surface area contributed by atoms with E-state index in [0.29, 0.717) is 27.5 Å². The number of aliphatic hydroxyl groups excluding tert-OH is 1. The van der Waals surface area contributed by atoms with Gasteiger partial charge in [0.15, 0.2) is 0 Å². The number of hydrogen-bond donors (Lipinski definition) is 3. The van der Waals surface area contributed by atoms with Gasteiger partial charge in [0.25, 0.3) is 11.8 Å². The van der Waals surface area contributed by atoms with Crippen molar-refractivity contribution >= 4 is 40.7 Å². The molecule has 154 valence electrons. The Hall–Kier alpha value is -2.93. The highest BCUT2D eigenvalue weighted by Gasteiger charge is 2.16. The second kappa shape index (κ2) is 9.71. The first-order valence-corrected chi connectivity index (χ1v) is 9.88. The quantitative estimate of drug-likeness (QED) is 0.525. The van der Waals surface area contributed by atoms with Crippen LogP contribution in [-0.2, 0) is 0 Å². The highest BCUT2D eigenvalue weighted by Crippen LogP contribution is 2.29. The van der Waals surface area contributed by atoms with Gasteiger partial charge in [0.05, 0.1) is 27.9 Å². The van der Waals surface area contributed by atoms with Gasteiger partial charge in [-0.2, -0.15) is 0 Å². The average Bonchev–Trinajstić information content (AvgIpc) is 2.75. The molecule has 0 aliphatic carbocycles. The number of carbonyl (C=O) groups is 2. The van der Waals surface area contributed by atoms with Crippen molar-refractivity contribution in [2.45, 2.75) is 13.0 Å². The minimum atomic E-state index is -0.425. The number of rotatable bonds is 6. The zero-order chi connectivity index (χ0) is 21.7. The van der Waals surface area contributed by atoms with Crippen LogP contribution in [0.25, 0.3) is 11.3 Å². The smallest absolute Gasteiger partial charge is 0.255 e. The third kappa shape index (κ3) is 5.16. The number of nitrogens with one attached hydrogen (secondary N) is 2. The predicted octanol–water partition coefficient (Wildman–Crippen LogP) is 4.42. The molecule has 1 aromatic heterocycles. The lowest BCUT2D eigenvalue weighted by atomic mass is 10.1. The molecule has 0 radical (unpaired) electrons. The van der Waals surface area contributed by atoms with Crippen molar-refractivity contribution in [3.8, 4) is 11.3 Å². The van der Waals surface area contributed by atoms with Crippen LogP contribution in [0.5, 0.6) is 0 Å². The van der Waals surface area contributed by atoms with Gasteiger partial charge in [-0.05, 0) is 55.5 Å². The first kappa shape index (κ1) is 21.8. The van der Waals surface area contributed by atoms with Crippen LogP contribution in [0.15, 0.2) is 60.8 Å². The van der Waals surface area contributed by atoms with Crippen LogP contribution in [0, 0.1) is 0 Å². The summed E-state index contributed by atoms with van der Waals surface area (Å²) in [6, 6.07) is 14.6. The molecule has 0 fully saturated rings. The van der Waals surface area contributed by atoms with Gasteiger partial charge in [-0.15, -0.1) is 0 Å². The van der Waals surface area contributed by atoms with Crippen molar-refractivity contribution in [1.82, 2.24) is 10.3 Å². The molecule has 6 nitrogen and oxygen atoms in total. The summed E-state index contributed by atoms with van der Waals surface area (Å²) in [6.45, 7) is 1.48. The Labute approximate surface area is 183 Å². The highest BCUT2D eigenvalue weighted by molar-refractivity contribution is 6.34. The first-order valence-electron chi connectivity index (χ1n) is 9.12. The Bertz CT molecular complexity index is 1070. The van der Waals surface area contributed by atoms with Gasteiger partial charge in [-0.3, -0.25) is 14.6 Å². The van der Waals surface area contributed by atoms with Gasteiger partial charge >= 0.3 is 0 Å². The van der Waals surface area contributed by atoms with E-state index in [1.807, 2.05) is 12.1 Å². The van der Waals surface area contributed by atoms with Gasteiger partial charge in [-0.25, -0.2) is 0 Å². The topological polar surface area (TPSA) is 91.3 Å². The van der Waals surface area contributed by atoms with Crippen LogP contribution in [0.3, 0.4) is 0 Å². The van der Waals surface area contributed by atoms with Crippen molar-refractivity contribution in [2.75, 3.05) is 11.9 Å². The Morgan fingerprint density at radius 3 is 2.50 bits per heavy atom. The molecule has 3 rings (SSSR count). The molecule has 30 heavy (non-hydrogen) atoms. The maximum atomic E-state index is 12.7. The fourth-order valence-electron chi connectivity index (χ4n) is 2.71. The Kier molecular flexibility index (Phi) is 7.05. The lowest BCUT2D eigenvalue weighted by Gasteiger charge is -2.13. The van der Waals surface area contributed by atoms with E-state index >= 15 is 0 Å². The summed E-state index contributed by atoms with van der Waals surface area (Å²) in [5.74, 6) is -0.812. The number of carbonyl (C=O) groups excluding carboxylic acids is 2. The van der Waals surface area contributed by atoms with Crippen molar-refractivity contribution in [3.63, 3.8) is 0 Å². The number of aliphatic hydroxyl groups is 1. The highest BCUT2D eigenvalue weighted by atomic mass is 35.5. The molecule has 0 saturated carbocycles. The predicted molar refractivity (Wildman–Crippen MR) is 118 cm³/mol. The van der Waals surface area contributed by atoms with E-state index in [1.165, 1.54) is 18.2 Å². The summed E-state index contributed by atoms with van der Waals surface area (Å²) in [4.78, 5) is 29.1. The normalized spacial score (nSPS) is 11.6. The molecule has 3 N–H and O–H groups in total. The molecule has 0 spiro atoms. The van der Waals surface area contributed by atoms with Gasteiger partial charge in [0.1, 0.15) is 0 Å². The molecule has 1 atom stereocenters. The minimum absolute atomic E-state index is 0.135. The van der Waals surface area contributed by atoms with E-state index < -0.39 is 11.9 Å². The maximum absolute atomic E-state index is 12.7. The number of aromatic nitrogens is 1. The molecule has 0 aliphatic heterocycles. The summed E-state index contributed by atoms with van der Waals surface area (Å²) >= 11 is 12.5. The van der Waals surface area contributed by atoms with Crippen LogP contribution in [0.4, 0.5) is 5.69 Å². The molecule has 0 bridgehead atoms. The third-order valence-electron chi connectivity index (χ3n) is 4.29. The van der Waals surface area contributed by atoms with Crippen LogP contribution >= 0.6 is 23.2 Å². The number of hydrogen-bond acceptors (Lipinski definition) is 4. The third-order valence-corrected chi connectivity index (χ3v) is 4.93. The molecule has 3 aromatic rings. The average molecular weight is 444 g/mol. The summed E-state index contributed by atoms with van der Waals surface area (Å²) in [6.07, 6.45) is 1.66. The molecule has 0 unspecified atom stereocenters. The molecular weight excluding hydrogens is 425 g/mol. The second-order valence-corrected chi connectivity index (χ2v) is 7.43. The van der Waals surface area contributed by atoms with Crippen LogP contribution in [0.1, 0.15) is 27.6 Å². The van der Waals surface area contributed by atoms with Crippen LogP contribution in [0.2, 0.25) is 10.0 Å². The molecule has 1 heterocycles. The van der Waals surface area contributed by atoms with Crippen molar-refractivity contribution < 1.29 is 14.7 Å². The van der Waals surface area contributed by atoms with Crippen molar-refractivity contribution in [3.05, 3.63) is 82.0 Å². The molecule has 0 aliphatic rings. The monoisotopic (exact) mass is 443 g/mol. The number of amides is 2. The van der Waals surface area contributed by atoms with Crippen molar-refractivity contribution in [2.24, 2.45) is 0 Å². The van der Waals surface area contributed by atoms with Gasteiger partial charge < -0.3 is 15.7 Å². The Balaban J connectivity index is 1.78. The van der Waals surface area contributed by atoms with E-state index in [2.05, 4.69) is 15.6 Å². The SMILES string of the molecule is C[C@@H](CO)NC(=O)c1ccc(C(=O)Nc2ccc(Cl)c(-c3ccccn3)c2)cc1Cl. The fraction of sp³-hybridized carbons (Fsp3) is 0.136. The fourth-order valence-corrected chi connectivity index (χ4v) is 3.19. The summed E-state index contributed by atoms with van der Waals surface area (Å²) in [7, 11) is 0. The zero-order valence-corrected chi connectivity index (χ0v) is 17.5. The Morgan fingerprint density at radius 1 is 1.03 bits per heavy atom. The number of halogens is 2. The molecule has 8 heteroatoms. The lowest BCUT2D eigenvalue weighted by Crippen LogP contribution is -2.35. The van der Waals surface area contributed by atoms with Gasteiger partial charge in [0.2, 0.25) is 0 Å².